The largest absolute Gasteiger partial charge is 0.495 e. The highest BCUT2D eigenvalue weighted by Crippen LogP contribution is 2.37. The van der Waals surface area contributed by atoms with Gasteiger partial charge in [-0.25, -0.2) is 0 Å². The molecule has 0 radical (unpaired) electrons. The molecule has 0 fully saturated rings. The molecule has 1 amide bonds. The zero-order valence-electron chi connectivity index (χ0n) is 12.1. The van der Waals surface area contributed by atoms with Crippen LogP contribution in [-0.2, 0) is 4.79 Å². The lowest BCUT2D eigenvalue weighted by Gasteiger charge is -2.04. The van der Waals surface area contributed by atoms with Gasteiger partial charge >= 0.3 is 0 Å². The third kappa shape index (κ3) is 2.42. The third-order valence-electron chi connectivity index (χ3n) is 3.51. The van der Waals surface area contributed by atoms with Crippen LogP contribution in [0.4, 0.5) is 5.69 Å². The van der Waals surface area contributed by atoms with Crippen LogP contribution in [0.3, 0.4) is 0 Å². The minimum atomic E-state index is -0.156. The molecule has 3 rings (SSSR count). The second-order valence-electron chi connectivity index (χ2n) is 4.83. The fourth-order valence-electron chi connectivity index (χ4n) is 2.54. The summed E-state index contributed by atoms with van der Waals surface area (Å²) in [6, 6.07) is 7.44. The van der Waals surface area contributed by atoms with Gasteiger partial charge < -0.3 is 20.1 Å². The van der Waals surface area contributed by atoms with Gasteiger partial charge in [0.05, 0.1) is 25.0 Å². The fraction of sp³-hybridized carbons (Fsp3) is 0.118. The molecule has 112 valence electrons. The smallest absolute Gasteiger partial charge is 0.256 e. The number of methoxy groups -OCH3 is 1. The van der Waals surface area contributed by atoms with Gasteiger partial charge in [-0.2, -0.15) is 0 Å². The van der Waals surface area contributed by atoms with E-state index in [1.807, 2.05) is 18.2 Å². The Balaban J connectivity index is 2.13. The zero-order chi connectivity index (χ0) is 15.5. The number of hydrogen-bond acceptors (Lipinski definition) is 3. The highest BCUT2D eigenvalue weighted by atomic mass is 16.5. The number of carbonyl (C=O) groups is 1. The van der Waals surface area contributed by atoms with Crippen molar-refractivity contribution >= 4 is 29.3 Å². The van der Waals surface area contributed by atoms with Crippen molar-refractivity contribution in [2.45, 2.75) is 0 Å². The molecule has 5 nitrogen and oxygen atoms in total. The molecule has 0 spiro atoms. The van der Waals surface area contributed by atoms with Crippen LogP contribution in [0.1, 0.15) is 16.8 Å². The first-order valence-electron chi connectivity index (χ1n) is 6.90. The molecule has 2 aromatic rings. The lowest BCUT2D eigenvalue weighted by atomic mass is 9.99. The Hall–Kier alpha value is -2.79. The molecule has 3 N–H and O–H groups in total. The van der Waals surface area contributed by atoms with Gasteiger partial charge in [0, 0.05) is 17.4 Å². The summed E-state index contributed by atoms with van der Waals surface area (Å²) >= 11 is 0. The zero-order valence-corrected chi connectivity index (χ0v) is 12.1. The molecule has 0 saturated carbocycles. The summed E-state index contributed by atoms with van der Waals surface area (Å²) in [7, 11) is 1.59. The standard InChI is InChI=1S/C17H16N2O3/c1-22-15-7-8-18-14(15)10-12-16-11(5-3-9-20)4-2-6-13(16)19-17(12)21/h2-8,10,18,20H,9H2,1H3,(H,19,21)/b5-3+,12-10-. The number of H-pyrrole nitrogens is 1. The Bertz CT molecular complexity index is 772. The number of anilines is 1. The number of rotatable bonds is 4. The van der Waals surface area contributed by atoms with E-state index >= 15 is 0 Å². The number of aliphatic hydroxyl groups is 1. The first-order chi connectivity index (χ1) is 10.7. The molecule has 2 heterocycles. The number of aromatic nitrogens is 1. The van der Waals surface area contributed by atoms with Crippen LogP contribution in [0.2, 0.25) is 0 Å². The molecular formula is C17H16N2O3. The molecule has 1 aliphatic heterocycles. The second-order valence-corrected chi connectivity index (χ2v) is 4.83. The number of amides is 1. The van der Waals surface area contributed by atoms with E-state index in [-0.39, 0.29) is 12.5 Å². The van der Waals surface area contributed by atoms with E-state index in [2.05, 4.69) is 10.3 Å². The number of fused-ring (bicyclic) bond motifs is 1. The number of aromatic amines is 1. The third-order valence-corrected chi connectivity index (χ3v) is 3.51. The minimum absolute atomic E-state index is 0.0471. The van der Waals surface area contributed by atoms with Crippen molar-refractivity contribution in [3.8, 4) is 5.75 Å². The van der Waals surface area contributed by atoms with Gasteiger partial charge in [-0.05, 0) is 23.8 Å². The van der Waals surface area contributed by atoms with E-state index in [9.17, 15) is 4.79 Å². The molecule has 1 aliphatic rings. The summed E-state index contributed by atoms with van der Waals surface area (Å²) in [6.45, 7) is -0.0471. The second kappa shape index (κ2) is 5.91. The molecule has 5 heteroatoms. The maximum atomic E-state index is 12.3. The average Bonchev–Trinajstić information content (AvgIpc) is 3.10. The van der Waals surface area contributed by atoms with Gasteiger partial charge in [0.2, 0.25) is 0 Å². The molecule has 0 atom stereocenters. The molecule has 22 heavy (non-hydrogen) atoms. The van der Waals surface area contributed by atoms with E-state index in [1.54, 1.807) is 37.6 Å². The first-order valence-corrected chi connectivity index (χ1v) is 6.90. The van der Waals surface area contributed by atoms with Gasteiger partial charge in [-0.1, -0.05) is 24.3 Å². The van der Waals surface area contributed by atoms with E-state index in [0.29, 0.717) is 11.3 Å². The highest BCUT2D eigenvalue weighted by Gasteiger charge is 2.26. The van der Waals surface area contributed by atoms with Gasteiger partial charge in [0.15, 0.2) is 0 Å². The van der Waals surface area contributed by atoms with Crippen LogP contribution >= 0.6 is 0 Å². The first kappa shape index (κ1) is 14.2. The van der Waals surface area contributed by atoms with Gasteiger partial charge in [0.25, 0.3) is 5.91 Å². The Kier molecular flexibility index (Phi) is 3.80. The predicted molar refractivity (Wildman–Crippen MR) is 86.4 cm³/mol. The van der Waals surface area contributed by atoms with Crippen molar-refractivity contribution < 1.29 is 14.6 Å². The van der Waals surface area contributed by atoms with Crippen LogP contribution in [0.25, 0.3) is 17.7 Å². The summed E-state index contributed by atoms with van der Waals surface area (Å²) in [5.41, 5.74) is 3.77. The Morgan fingerprint density at radius 1 is 1.32 bits per heavy atom. The summed E-state index contributed by atoms with van der Waals surface area (Å²) in [5.74, 6) is 0.522. The SMILES string of the molecule is COc1cc[nH]c1/C=C1\C(=O)Nc2cccc(/C=C/CO)c21. The lowest BCUT2D eigenvalue weighted by Crippen LogP contribution is -2.03. The quantitative estimate of drug-likeness (QED) is 0.759. The topological polar surface area (TPSA) is 74.4 Å². The number of nitrogens with one attached hydrogen (secondary N) is 2. The predicted octanol–water partition coefficient (Wildman–Crippen LogP) is 2.52. The van der Waals surface area contributed by atoms with E-state index < -0.39 is 0 Å². The van der Waals surface area contributed by atoms with E-state index in [1.165, 1.54) is 0 Å². The van der Waals surface area contributed by atoms with Crippen molar-refractivity contribution in [1.82, 2.24) is 4.98 Å². The van der Waals surface area contributed by atoms with E-state index in [4.69, 9.17) is 9.84 Å². The number of carbonyl (C=O) groups excluding carboxylic acids is 1. The normalized spacial score (nSPS) is 15.4. The fourth-order valence-corrected chi connectivity index (χ4v) is 2.54. The van der Waals surface area contributed by atoms with Gasteiger partial charge in [-0.15, -0.1) is 0 Å². The Morgan fingerprint density at radius 3 is 2.95 bits per heavy atom. The molecule has 1 aromatic carbocycles. The monoisotopic (exact) mass is 296 g/mol. The molecule has 0 bridgehead atoms. The number of hydrogen-bond donors (Lipinski definition) is 3. The van der Waals surface area contributed by atoms with Crippen molar-refractivity contribution in [3.05, 3.63) is 53.4 Å². The maximum Gasteiger partial charge on any atom is 0.256 e. The van der Waals surface area contributed by atoms with Crippen LogP contribution in [0, 0.1) is 0 Å². The van der Waals surface area contributed by atoms with Crippen molar-refractivity contribution in [3.63, 3.8) is 0 Å². The molecule has 0 saturated heterocycles. The molecule has 0 unspecified atom stereocenters. The molecule has 1 aromatic heterocycles. The number of benzene rings is 1. The van der Waals surface area contributed by atoms with Crippen LogP contribution in [-0.4, -0.2) is 29.7 Å². The van der Waals surface area contributed by atoms with Crippen LogP contribution < -0.4 is 10.1 Å². The van der Waals surface area contributed by atoms with Crippen molar-refractivity contribution in [2.24, 2.45) is 0 Å². The van der Waals surface area contributed by atoms with Crippen LogP contribution in [0.5, 0.6) is 5.75 Å². The van der Waals surface area contributed by atoms with Crippen molar-refractivity contribution in [1.29, 1.82) is 0 Å². The number of ether oxygens (including phenoxy) is 1. The number of aliphatic hydroxyl groups excluding tert-OH is 1. The minimum Gasteiger partial charge on any atom is -0.495 e. The van der Waals surface area contributed by atoms with Gasteiger partial charge in [0.1, 0.15) is 5.75 Å². The summed E-state index contributed by atoms with van der Waals surface area (Å²) in [4.78, 5) is 15.3. The van der Waals surface area contributed by atoms with Crippen LogP contribution in [0.15, 0.2) is 36.5 Å². The molecular weight excluding hydrogens is 280 g/mol. The summed E-state index contributed by atoms with van der Waals surface area (Å²) in [5, 5.41) is 11.8. The Morgan fingerprint density at radius 2 is 2.18 bits per heavy atom. The maximum absolute atomic E-state index is 12.3. The average molecular weight is 296 g/mol. The summed E-state index contributed by atoms with van der Waals surface area (Å²) < 4.78 is 5.26. The summed E-state index contributed by atoms with van der Waals surface area (Å²) in [6.07, 6.45) is 6.98. The van der Waals surface area contributed by atoms with Gasteiger partial charge in [-0.3, -0.25) is 4.79 Å². The van der Waals surface area contributed by atoms with E-state index in [0.717, 1.165) is 22.5 Å². The molecule has 0 aliphatic carbocycles. The Labute approximate surface area is 127 Å². The van der Waals surface area contributed by atoms with Crippen molar-refractivity contribution in [2.75, 3.05) is 19.0 Å². The highest BCUT2D eigenvalue weighted by molar-refractivity contribution is 6.35. The lowest BCUT2D eigenvalue weighted by molar-refractivity contribution is -0.110.